The SMILES string of the molecule is N#CC(CCc1ccccc1)Nc1ccccc1Br. The van der Waals surface area contributed by atoms with Crippen LogP contribution in [0.15, 0.2) is 59.1 Å². The Bertz CT molecular complexity index is 560. The van der Waals surface area contributed by atoms with E-state index in [0.717, 1.165) is 23.0 Å². The second-order valence-electron chi connectivity index (χ2n) is 4.33. The lowest BCUT2D eigenvalue weighted by molar-refractivity contribution is 0.768. The summed E-state index contributed by atoms with van der Waals surface area (Å²) in [4.78, 5) is 0. The van der Waals surface area contributed by atoms with Crippen LogP contribution in [-0.4, -0.2) is 6.04 Å². The Kier molecular flexibility index (Phi) is 5.00. The van der Waals surface area contributed by atoms with Crippen molar-refractivity contribution < 1.29 is 0 Å². The number of rotatable bonds is 5. The number of hydrogen-bond donors (Lipinski definition) is 1. The van der Waals surface area contributed by atoms with Crippen molar-refractivity contribution in [3.05, 3.63) is 64.6 Å². The summed E-state index contributed by atoms with van der Waals surface area (Å²) < 4.78 is 0.981. The lowest BCUT2D eigenvalue weighted by Crippen LogP contribution is -2.18. The number of anilines is 1. The van der Waals surface area contributed by atoms with E-state index in [4.69, 9.17) is 0 Å². The molecular weight excluding hydrogens is 300 g/mol. The summed E-state index contributed by atoms with van der Waals surface area (Å²) in [6.45, 7) is 0. The fraction of sp³-hybridized carbons (Fsp3) is 0.188. The van der Waals surface area contributed by atoms with Gasteiger partial charge in [0.25, 0.3) is 0 Å². The molecule has 0 aliphatic rings. The van der Waals surface area contributed by atoms with E-state index in [0.29, 0.717) is 0 Å². The molecule has 1 unspecified atom stereocenters. The third-order valence-corrected chi connectivity index (χ3v) is 3.62. The van der Waals surface area contributed by atoms with Crippen LogP contribution in [0.4, 0.5) is 5.69 Å². The van der Waals surface area contributed by atoms with E-state index in [1.54, 1.807) is 0 Å². The summed E-state index contributed by atoms with van der Waals surface area (Å²) in [5, 5.41) is 12.5. The summed E-state index contributed by atoms with van der Waals surface area (Å²) in [7, 11) is 0. The Morgan fingerprint density at radius 3 is 2.42 bits per heavy atom. The minimum Gasteiger partial charge on any atom is -0.369 e. The largest absolute Gasteiger partial charge is 0.369 e. The molecule has 0 spiro atoms. The summed E-state index contributed by atoms with van der Waals surface area (Å²) in [6.07, 6.45) is 1.69. The molecule has 0 saturated heterocycles. The molecule has 2 aromatic carbocycles. The van der Waals surface area contributed by atoms with Crippen LogP contribution in [0.25, 0.3) is 0 Å². The van der Waals surface area contributed by atoms with Crippen molar-refractivity contribution in [2.45, 2.75) is 18.9 Å². The number of halogens is 1. The highest BCUT2D eigenvalue weighted by atomic mass is 79.9. The molecule has 1 atom stereocenters. The maximum Gasteiger partial charge on any atom is 0.114 e. The predicted octanol–water partition coefficient (Wildman–Crippen LogP) is 4.39. The molecule has 1 N–H and O–H groups in total. The molecule has 2 rings (SSSR count). The standard InChI is InChI=1S/C16H15BrN2/c17-15-8-4-5-9-16(15)19-14(12-18)11-10-13-6-2-1-3-7-13/h1-9,14,19H,10-11H2. The second-order valence-corrected chi connectivity index (χ2v) is 5.18. The first-order chi connectivity index (χ1) is 9.29. The third-order valence-electron chi connectivity index (χ3n) is 2.92. The fourth-order valence-corrected chi connectivity index (χ4v) is 2.29. The van der Waals surface area contributed by atoms with Gasteiger partial charge >= 0.3 is 0 Å². The van der Waals surface area contributed by atoms with Crippen LogP contribution in [0.1, 0.15) is 12.0 Å². The van der Waals surface area contributed by atoms with Gasteiger partial charge in [-0.15, -0.1) is 0 Å². The molecule has 2 nitrogen and oxygen atoms in total. The first-order valence-electron chi connectivity index (χ1n) is 6.24. The van der Waals surface area contributed by atoms with Gasteiger partial charge in [-0.2, -0.15) is 5.26 Å². The van der Waals surface area contributed by atoms with Gasteiger partial charge in [0.15, 0.2) is 0 Å². The molecule has 0 aromatic heterocycles. The van der Waals surface area contributed by atoms with Crippen molar-refractivity contribution in [1.82, 2.24) is 0 Å². The molecule has 0 aliphatic heterocycles. The fourth-order valence-electron chi connectivity index (χ4n) is 1.89. The average Bonchev–Trinajstić information content (AvgIpc) is 2.46. The van der Waals surface area contributed by atoms with Crippen molar-refractivity contribution in [3.8, 4) is 6.07 Å². The van der Waals surface area contributed by atoms with E-state index in [9.17, 15) is 5.26 Å². The van der Waals surface area contributed by atoms with Gasteiger partial charge in [0.05, 0.1) is 6.07 Å². The van der Waals surface area contributed by atoms with Crippen molar-refractivity contribution in [3.63, 3.8) is 0 Å². The van der Waals surface area contributed by atoms with E-state index < -0.39 is 0 Å². The van der Waals surface area contributed by atoms with E-state index in [-0.39, 0.29) is 6.04 Å². The normalized spacial score (nSPS) is 11.6. The van der Waals surface area contributed by atoms with Gasteiger partial charge in [0.2, 0.25) is 0 Å². The number of nitrogens with zero attached hydrogens (tertiary/aromatic N) is 1. The van der Waals surface area contributed by atoms with Crippen molar-refractivity contribution in [2.75, 3.05) is 5.32 Å². The number of aryl methyl sites for hydroxylation is 1. The minimum atomic E-state index is -0.182. The summed E-state index contributed by atoms with van der Waals surface area (Å²) in [5.41, 5.74) is 2.22. The zero-order valence-corrected chi connectivity index (χ0v) is 12.1. The van der Waals surface area contributed by atoms with E-state index in [2.05, 4.69) is 39.4 Å². The summed E-state index contributed by atoms with van der Waals surface area (Å²) >= 11 is 3.48. The first-order valence-corrected chi connectivity index (χ1v) is 7.03. The maximum atomic E-state index is 9.23. The zero-order valence-electron chi connectivity index (χ0n) is 10.5. The second kappa shape index (κ2) is 6.96. The highest BCUT2D eigenvalue weighted by Gasteiger charge is 2.08. The van der Waals surface area contributed by atoms with Crippen molar-refractivity contribution >= 4 is 21.6 Å². The Hall–Kier alpha value is -1.79. The van der Waals surface area contributed by atoms with Crippen LogP contribution in [0.3, 0.4) is 0 Å². The molecule has 0 radical (unpaired) electrons. The number of hydrogen-bond acceptors (Lipinski definition) is 2. The van der Waals surface area contributed by atoms with Gasteiger partial charge < -0.3 is 5.32 Å². The van der Waals surface area contributed by atoms with Gasteiger partial charge in [0, 0.05) is 10.2 Å². The van der Waals surface area contributed by atoms with Crippen LogP contribution < -0.4 is 5.32 Å². The monoisotopic (exact) mass is 314 g/mol. The summed E-state index contributed by atoms with van der Waals surface area (Å²) in [5.74, 6) is 0. The quantitative estimate of drug-likeness (QED) is 0.888. The zero-order chi connectivity index (χ0) is 13.5. The molecule has 0 saturated carbocycles. The lowest BCUT2D eigenvalue weighted by atomic mass is 10.1. The molecule has 0 bridgehead atoms. The highest BCUT2D eigenvalue weighted by Crippen LogP contribution is 2.22. The smallest absolute Gasteiger partial charge is 0.114 e. The van der Waals surface area contributed by atoms with Gasteiger partial charge in [-0.05, 0) is 46.5 Å². The van der Waals surface area contributed by atoms with Crippen molar-refractivity contribution in [2.24, 2.45) is 0 Å². The Labute approximate surface area is 122 Å². The Balaban J connectivity index is 1.95. The third kappa shape index (κ3) is 4.11. The lowest BCUT2D eigenvalue weighted by Gasteiger charge is -2.14. The molecular formula is C16H15BrN2. The van der Waals surface area contributed by atoms with Gasteiger partial charge in [-0.1, -0.05) is 42.5 Å². The maximum absolute atomic E-state index is 9.23. The number of nitriles is 1. The van der Waals surface area contributed by atoms with Crippen LogP contribution in [0.2, 0.25) is 0 Å². The van der Waals surface area contributed by atoms with Gasteiger partial charge in [0.1, 0.15) is 6.04 Å². The molecule has 19 heavy (non-hydrogen) atoms. The molecule has 0 amide bonds. The van der Waals surface area contributed by atoms with E-state index in [1.165, 1.54) is 5.56 Å². The number of para-hydroxylation sites is 1. The van der Waals surface area contributed by atoms with E-state index >= 15 is 0 Å². The predicted molar refractivity (Wildman–Crippen MR) is 81.9 cm³/mol. The average molecular weight is 315 g/mol. The molecule has 96 valence electrons. The van der Waals surface area contributed by atoms with Crippen LogP contribution in [0.5, 0.6) is 0 Å². The number of nitrogens with one attached hydrogen (secondary N) is 1. The molecule has 0 heterocycles. The first kappa shape index (κ1) is 13.6. The van der Waals surface area contributed by atoms with E-state index in [1.807, 2.05) is 42.5 Å². The van der Waals surface area contributed by atoms with Crippen LogP contribution >= 0.6 is 15.9 Å². The molecule has 0 aliphatic carbocycles. The van der Waals surface area contributed by atoms with Crippen LogP contribution in [0, 0.1) is 11.3 Å². The minimum absolute atomic E-state index is 0.182. The van der Waals surface area contributed by atoms with Crippen LogP contribution in [-0.2, 0) is 6.42 Å². The highest BCUT2D eigenvalue weighted by molar-refractivity contribution is 9.10. The molecule has 3 heteroatoms. The summed E-state index contributed by atoms with van der Waals surface area (Å²) in [6, 6.07) is 20.2. The number of benzene rings is 2. The van der Waals surface area contributed by atoms with Gasteiger partial charge in [-0.25, -0.2) is 0 Å². The topological polar surface area (TPSA) is 35.8 Å². The van der Waals surface area contributed by atoms with Crippen molar-refractivity contribution in [1.29, 1.82) is 5.26 Å². The Morgan fingerprint density at radius 2 is 1.74 bits per heavy atom. The Morgan fingerprint density at radius 1 is 1.05 bits per heavy atom. The molecule has 2 aromatic rings. The van der Waals surface area contributed by atoms with Gasteiger partial charge in [-0.3, -0.25) is 0 Å². The molecule has 0 fully saturated rings.